The number of hydrogen-bond donors (Lipinski definition) is 2. The number of aliphatic carboxylic acids is 1. The Morgan fingerprint density at radius 1 is 1.26 bits per heavy atom. The van der Waals surface area contributed by atoms with Crippen molar-refractivity contribution in [3.8, 4) is 0 Å². The van der Waals surface area contributed by atoms with Gasteiger partial charge in [-0.3, -0.25) is 9.59 Å². The van der Waals surface area contributed by atoms with E-state index in [0.29, 0.717) is 18.1 Å². The summed E-state index contributed by atoms with van der Waals surface area (Å²) < 4.78 is 5.01. The molecule has 23 heavy (non-hydrogen) atoms. The molecular weight excluding hydrogens is 298 g/mol. The van der Waals surface area contributed by atoms with Gasteiger partial charge in [-0.25, -0.2) is 0 Å². The van der Waals surface area contributed by atoms with E-state index in [-0.39, 0.29) is 24.7 Å². The lowest BCUT2D eigenvalue weighted by Gasteiger charge is -2.07. The molecule has 2 rings (SSSR count). The second-order valence-electron chi connectivity index (χ2n) is 5.52. The average molecular weight is 317 g/mol. The highest BCUT2D eigenvalue weighted by atomic mass is 16.5. The van der Waals surface area contributed by atoms with Gasteiger partial charge in [-0.15, -0.1) is 0 Å². The standard InChI is InChI=1S/C16H19N3O4/c1-10(2)16(22)17-12-5-3-11(4-6-12)9-13-18-14(23-19-13)7-8-15(20)21/h3-6,10H,7-9H2,1-2H3,(H,17,22)(H,20,21). The number of rotatable bonds is 7. The lowest BCUT2D eigenvalue weighted by Crippen LogP contribution is -2.17. The molecule has 0 saturated heterocycles. The van der Waals surface area contributed by atoms with Crippen LogP contribution in [0.2, 0.25) is 0 Å². The molecule has 0 radical (unpaired) electrons. The minimum Gasteiger partial charge on any atom is -0.481 e. The van der Waals surface area contributed by atoms with Crippen LogP contribution >= 0.6 is 0 Å². The van der Waals surface area contributed by atoms with Crippen molar-refractivity contribution in [3.05, 3.63) is 41.5 Å². The third kappa shape index (κ3) is 5.21. The first-order valence-electron chi connectivity index (χ1n) is 7.37. The lowest BCUT2D eigenvalue weighted by atomic mass is 10.1. The number of aryl methyl sites for hydroxylation is 1. The van der Waals surface area contributed by atoms with E-state index in [1.54, 1.807) is 0 Å². The highest BCUT2D eigenvalue weighted by Gasteiger charge is 2.10. The number of carbonyl (C=O) groups excluding carboxylic acids is 1. The number of amides is 1. The number of aromatic nitrogens is 2. The summed E-state index contributed by atoms with van der Waals surface area (Å²) in [4.78, 5) is 26.3. The van der Waals surface area contributed by atoms with Crippen molar-refractivity contribution in [3.63, 3.8) is 0 Å². The molecule has 0 unspecified atom stereocenters. The number of benzene rings is 1. The first kappa shape index (κ1) is 16.7. The van der Waals surface area contributed by atoms with Crippen molar-refractivity contribution in [1.82, 2.24) is 10.1 Å². The van der Waals surface area contributed by atoms with Crippen molar-refractivity contribution in [1.29, 1.82) is 0 Å². The zero-order chi connectivity index (χ0) is 16.8. The first-order valence-corrected chi connectivity index (χ1v) is 7.37. The summed E-state index contributed by atoms with van der Waals surface area (Å²) >= 11 is 0. The Morgan fingerprint density at radius 3 is 2.57 bits per heavy atom. The van der Waals surface area contributed by atoms with Crippen LogP contribution in [0.1, 0.15) is 37.5 Å². The fourth-order valence-electron chi connectivity index (χ4n) is 1.85. The van der Waals surface area contributed by atoms with E-state index in [0.717, 1.165) is 11.3 Å². The third-order valence-corrected chi connectivity index (χ3v) is 3.17. The smallest absolute Gasteiger partial charge is 0.303 e. The molecule has 7 nitrogen and oxygen atoms in total. The summed E-state index contributed by atoms with van der Waals surface area (Å²) in [5, 5.41) is 15.3. The Morgan fingerprint density at radius 2 is 1.96 bits per heavy atom. The maximum Gasteiger partial charge on any atom is 0.303 e. The molecule has 1 heterocycles. The van der Waals surface area contributed by atoms with Crippen LogP contribution in [0.25, 0.3) is 0 Å². The van der Waals surface area contributed by atoms with Gasteiger partial charge < -0.3 is 14.9 Å². The summed E-state index contributed by atoms with van der Waals surface area (Å²) in [6.07, 6.45) is 0.670. The van der Waals surface area contributed by atoms with Gasteiger partial charge in [-0.1, -0.05) is 31.1 Å². The van der Waals surface area contributed by atoms with Crippen LogP contribution in [-0.2, 0) is 22.4 Å². The van der Waals surface area contributed by atoms with E-state index in [4.69, 9.17) is 9.63 Å². The minimum absolute atomic E-state index is 0.0287. The molecule has 1 aromatic heterocycles. The fraction of sp³-hybridized carbons (Fsp3) is 0.375. The van der Waals surface area contributed by atoms with Gasteiger partial charge in [-0.05, 0) is 17.7 Å². The molecule has 122 valence electrons. The van der Waals surface area contributed by atoms with Crippen LogP contribution in [0.4, 0.5) is 5.69 Å². The molecule has 0 bridgehead atoms. The molecule has 0 spiro atoms. The number of carbonyl (C=O) groups is 2. The summed E-state index contributed by atoms with van der Waals surface area (Å²) in [6, 6.07) is 7.40. The van der Waals surface area contributed by atoms with Crippen molar-refractivity contribution < 1.29 is 19.2 Å². The number of carboxylic acid groups (broad SMARTS) is 1. The van der Waals surface area contributed by atoms with Gasteiger partial charge in [0.05, 0.1) is 6.42 Å². The molecule has 0 saturated carbocycles. The number of nitrogens with one attached hydrogen (secondary N) is 1. The Bertz CT molecular complexity index is 677. The molecular formula is C16H19N3O4. The molecule has 1 amide bonds. The van der Waals surface area contributed by atoms with E-state index in [9.17, 15) is 9.59 Å². The fourth-order valence-corrected chi connectivity index (χ4v) is 1.85. The molecule has 0 fully saturated rings. The van der Waals surface area contributed by atoms with Gasteiger partial charge in [0.2, 0.25) is 11.8 Å². The first-order chi connectivity index (χ1) is 10.9. The quantitative estimate of drug-likeness (QED) is 0.811. The van der Waals surface area contributed by atoms with Gasteiger partial charge in [0.1, 0.15) is 0 Å². The predicted molar refractivity (Wildman–Crippen MR) is 83.0 cm³/mol. The Kier molecular flexibility index (Phi) is 5.46. The topological polar surface area (TPSA) is 105 Å². The molecule has 0 aliphatic heterocycles. The highest BCUT2D eigenvalue weighted by molar-refractivity contribution is 5.92. The maximum absolute atomic E-state index is 11.6. The van der Waals surface area contributed by atoms with Crippen LogP contribution in [0.5, 0.6) is 0 Å². The third-order valence-electron chi connectivity index (χ3n) is 3.17. The summed E-state index contributed by atoms with van der Waals surface area (Å²) in [5.41, 5.74) is 1.71. The Labute approximate surface area is 133 Å². The van der Waals surface area contributed by atoms with Crippen LogP contribution in [0.3, 0.4) is 0 Å². The average Bonchev–Trinajstić information content (AvgIpc) is 2.94. The number of anilines is 1. The summed E-state index contributed by atoms with van der Waals surface area (Å²) in [6.45, 7) is 3.67. The Hall–Kier alpha value is -2.70. The molecule has 2 N–H and O–H groups in total. The molecule has 7 heteroatoms. The van der Waals surface area contributed by atoms with Gasteiger partial charge in [0.25, 0.3) is 0 Å². The van der Waals surface area contributed by atoms with Crippen LogP contribution in [0, 0.1) is 5.92 Å². The van der Waals surface area contributed by atoms with Gasteiger partial charge in [-0.2, -0.15) is 4.98 Å². The van der Waals surface area contributed by atoms with Gasteiger partial charge in [0.15, 0.2) is 5.82 Å². The van der Waals surface area contributed by atoms with E-state index in [1.807, 2.05) is 38.1 Å². The largest absolute Gasteiger partial charge is 0.481 e. The lowest BCUT2D eigenvalue weighted by molar-refractivity contribution is -0.137. The normalized spacial score (nSPS) is 10.7. The number of hydrogen-bond acceptors (Lipinski definition) is 5. The van der Waals surface area contributed by atoms with Crippen molar-refractivity contribution in [2.45, 2.75) is 33.1 Å². The van der Waals surface area contributed by atoms with Gasteiger partial charge in [0, 0.05) is 24.4 Å². The minimum atomic E-state index is -0.899. The van der Waals surface area contributed by atoms with Crippen LogP contribution in [-0.4, -0.2) is 27.1 Å². The zero-order valence-electron chi connectivity index (χ0n) is 13.1. The van der Waals surface area contributed by atoms with Crippen molar-refractivity contribution in [2.75, 3.05) is 5.32 Å². The zero-order valence-corrected chi connectivity index (χ0v) is 13.1. The monoisotopic (exact) mass is 317 g/mol. The molecule has 0 atom stereocenters. The number of nitrogens with zero attached hydrogens (tertiary/aromatic N) is 2. The second kappa shape index (κ2) is 7.53. The molecule has 1 aromatic carbocycles. The van der Waals surface area contributed by atoms with E-state index in [1.165, 1.54) is 0 Å². The van der Waals surface area contributed by atoms with Crippen LogP contribution in [0.15, 0.2) is 28.8 Å². The second-order valence-corrected chi connectivity index (χ2v) is 5.52. The maximum atomic E-state index is 11.6. The van der Waals surface area contributed by atoms with E-state index in [2.05, 4.69) is 15.5 Å². The van der Waals surface area contributed by atoms with Crippen LogP contribution < -0.4 is 5.32 Å². The number of carboxylic acids is 1. The highest BCUT2D eigenvalue weighted by Crippen LogP contribution is 2.13. The van der Waals surface area contributed by atoms with Crippen molar-refractivity contribution in [2.24, 2.45) is 5.92 Å². The SMILES string of the molecule is CC(C)C(=O)Nc1ccc(Cc2noc(CCC(=O)O)n2)cc1. The van der Waals surface area contributed by atoms with E-state index >= 15 is 0 Å². The van der Waals surface area contributed by atoms with Crippen molar-refractivity contribution >= 4 is 17.6 Å². The predicted octanol–water partition coefficient (Wildman–Crippen LogP) is 2.27. The van der Waals surface area contributed by atoms with E-state index < -0.39 is 5.97 Å². The molecule has 0 aliphatic rings. The summed E-state index contributed by atoms with van der Waals surface area (Å²) in [5.74, 6) is -0.173. The molecule has 0 aliphatic carbocycles. The van der Waals surface area contributed by atoms with Gasteiger partial charge >= 0.3 is 5.97 Å². The molecule has 2 aromatic rings. The summed E-state index contributed by atoms with van der Waals surface area (Å²) in [7, 11) is 0. The Balaban J connectivity index is 1.93.